The molecule has 1 atom stereocenters. The summed E-state index contributed by atoms with van der Waals surface area (Å²) in [4.78, 5) is 24.8. The van der Waals surface area contributed by atoms with Gasteiger partial charge in [0, 0.05) is 26.5 Å². The Bertz CT molecular complexity index is 1300. The molecule has 2 aromatic carbocycles. The van der Waals surface area contributed by atoms with E-state index in [1.54, 1.807) is 38.6 Å². The fourth-order valence-corrected chi connectivity index (χ4v) is 3.22. The predicted octanol–water partition coefficient (Wildman–Crippen LogP) is 2.73. The van der Waals surface area contributed by atoms with Crippen molar-refractivity contribution >= 4 is 11.5 Å². The molecular formula is C26H26N4O3. The van der Waals surface area contributed by atoms with Crippen molar-refractivity contribution in [2.75, 3.05) is 7.05 Å². The first kappa shape index (κ1) is 23.4. The van der Waals surface area contributed by atoms with Crippen LogP contribution in [-0.2, 0) is 11.8 Å². The largest absolute Gasteiger partial charge is 0.410 e. The van der Waals surface area contributed by atoms with E-state index in [2.05, 4.69) is 5.16 Å². The molecule has 0 bridgehead atoms. The lowest BCUT2D eigenvalue weighted by molar-refractivity contribution is -0.127. The summed E-state index contributed by atoms with van der Waals surface area (Å²) in [5, 5.41) is 11.9. The number of nitrogens with two attached hydrogens (primary N) is 1. The lowest BCUT2D eigenvalue weighted by Gasteiger charge is -2.12. The Kier molecular flexibility index (Phi) is 7.73. The van der Waals surface area contributed by atoms with E-state index in [1.165, 1.54) is 9.47 Å². The molecule has 0 saturated heterocycles. The molecule has 2 heterocycles. The molecule has 33 heavy (non-hydrogen) atoms. The maximum Gasteiger partial charge on any atom is 0.279 e. The van der Waals surface area contributed by atoms with Gasteiger partial charge in [-0.2, -0.15) is 0 Å². The van der Waals surface area contributed by atoms with Crippen LogP contribution in [-0.4, -0.2) is 33.7 Å². The summed E-state index contributed by atoms with van der Waals surface area (Å²) in [6, 6.07) is 22.3. The number of aromatic nitrogens is 1. The molecule has 168 valence electrons. The molecule has 4 rings (SSSR count). The van der Waals surface area contributed by atoms with Gasteiger partial charge in [0.05, 0.1) is 0 Å². The molecule has 0 aliphatic carbocycles. The number of nitrogens with zero attached hydrogens (tertiary/aromatic N) is 3. The molecule has 7 nitrogen and oxygen atoms in total. The summed E-state index contributed by atoms with van der Waals surface area (Å²) in [6.07, 6.45) is 7.09. The second-order valence-electron chi connectivity index (χ2n) is 7.46. The van der Waals surface area contributed by atoms with Crippen molar-refractivity contribution in [3.05, 3.63) is 119 Å². The fourth-order valence-electron chi connectivity index (χ4n) is 3.22. The van der Waals surface area contributed by atoms with Crippen molar-refractivity contribution in [2.45, 2.75) is 6.04 Å². The van der Waals surface area contributed by atoms with Gasteiger partial charge in [0.25, 0.3) is 5.56 Å². The van der Waals surface area contributed by atoms with Gasteiger partial charge in [-0.15, -0.1) is 0 Å². The molecular weight excluding hydrogens is 416 g/mol. The Morgan fingerprint density at radius 3 is 2.09 bits per heavy atom. The lowest BCUT2D eigenvalue weighted by atomic mass is 10.0. The summed E-state index contributed by atoms with van der Waals surface area (Å²) >= 11 is 0. The van der Waals surface area contributed by atoms with E-state index in [0.717, 1.165) is 22.3 Å². The van der Waals surface area contributed by atoms with Crippen LogP contribution in [0.1, 0.15) is 5.56 Å². The molecule has 3 N–H and O–H groups in total. The number of hydrogen-bond donors (Lipinski definition) is 2. The highest BCUT2D eigenvalue weighted by molar-refractivity contribution is 5.90. The first-order valence-corrected chi connectivity index (χ1v) is 10.3. The minimum atomic E-state index is -0.574. The van der Waals surface area contributed by atoms with Gasteiger partial charge in [-0.3, -0.25) is 9.59 Å². The molecule has 7 heteroatoms. The van der Waals surface area contributed by atoms with E-state index in [4.69, 9.17) is 10.9 Å². The maximum atomic E-state index is 11.7. The van der Waals surface area contributed by atoms with Gasteiger partial charge in [0.1, 0.15) is 6.04 Å². The van der Waals surface area contributed by atoms with Crippen molar-refractivity contribution in [3.63, 3.8) is 0 Å². The first-order valence-electron chi connectivity index (χ1n) is 10.3. The number of rotatable bonds is 2. The van der Waals surface area contributed by atoms with Crippen LogP contribution in [0.25, 0.3) is 16.7 Å². The molecule has 0 radical (unpaired) electrons. The normalized spacial score (nSPS) is 15.9. The zero-order valence-electron chi connectivity index (χ0n) is 18.5. The number of hydrogen-bond acceptors (Lipinski definition) is 5. The average Bonchev–Trinajstić information content (AvgIpc) is 3.08. The van der Waals surface area contributed by atoms with Gasteiger partial charge in [-0.05, 0) is 40.5 Å². The van der Waals surface area contributed by atoms with Crippen LogP contribution in [0.4, 0.5) is 0 Å². The van der Waals surface area contributed by atoms with Gasteiger partial charge in [0.2, 0.25) is 5.91 Å². The second kappa shape index (κ2) is 10.9. The molecule has 1 amide bonds. The van der Waals surface area contributed by atoms with Crippen molar-refractivity contribution < 1.29 is 10.0 Å². The van der Waals surface area contributed by atoms with Gasteiger partial charge in [0.15, 0.2) is 5.36 Å². The lowest BCUT2D eigenvalue weighted by Crippen LogP contribution is -2.37. The van der Waals surface area contributed by atoms with E-state index in [1.807, 2.05) is 72.8 Å². The van der Waals surface area contributed by atoms with Crippen LogP contribution < -0.4 is 16.7 Å². The number of carbonyl (C=O) groups excluding carboxylic acids is 1. The number of likely N-dealkylation sites (N-methyl/N-ethyl adjacent to an activating group) is 1. The van der Waals surface area contributed by atoms with Gasteiger partial charge in [-0.25, -0.2) is 0 Å². The Morgan fingerprint density at radius 1 is 0.879 bits per heavy atom. The highest BCUT2D eigenvalue weighted by Crippen LogP contribution is 2.19. The predicted molar refractivity (Wildman–Crippen MR) is 129 cm³/mol. The van der Waals surface area contributed by atoms with Gasteiger partial charge < -0.3 is 20.4 Å². The molecule has 1 aromatic heterocycles. The van der Waals surface area contributed by atoms with Crippen molar-refractivity contribution in [1.82, 2.24) is 9.47 Å². The van der Waals surface area contributed by atoms with E-state index in [0.29, 0.717) is 0 Å². The monoisotopic (exact) mass is 442 g/mol. The Balaban J connectivity index is 0.000000186. The van der Waals surface area contributed by atoms with Crippen LogP contribution in [0, 0.1) is 0 Å². The summed E-state index contributed by atoms with van der Waals surface area (Å²) < 4.78 is 1.38. The summed E-state index contributed by atoms with van der Waals surface area (Å²) in [5.41, 5.74) is 9.29. The number of carbonyl (C=O) groups is 1. The van der Waals surface area contributed by atoms with E-state index >= 15 is 0 Å². The summed E-state index contributed by atoms with van der Waals surface area (Å²) in [7, 11) is 3.33. The number of benzene rings is 2. The van der Waals surface area contributed by atoms with Crippen molar-refractivity contribution in [2.24, 2.45) is 17.9 Å². The summed E-state index contributed by atoms with van der Waals surface area (Å²) in [5.74, 6) is -0.0952. The second-order valence-corrected chi connectivity index (χ2v) is 7.46. The highest BCUT2D eigenvalue weighted by atomic mass is 16.4. The molecule has 1 aliphatic rings. The Labute approximate surface area is 192 Å². The summed E-state index contributed by atoms with van der Waals surface area (Å²) in [6.45, 7) is 0. The first-order chi connectivity index (χ1) is 15.9. The third-order valence-corrected chi connectivity index (χ3v) is 5.10. The molecule has 0 fully saturated rings. The number of aryl methyl sites for hydroxylation is 1. The van der Waals surface area contributed by atoms with Crippen LogP contribution in [0.5, 0.6) is 0 Å². The highest BCUT2D eigenvalue weighted by Gasteiger charge is 2.17. The van der Waals surface area contributed by atoms with E-state index in [9.17, 15) is 9.59 Å². The van der Waals surface area contributed by atoms with Gasteiger partial charge in [-0.1, -0.05) is 71.9 Å². The molecule has 1 unspecified atom stereocenters. The third kappa shape index (κ3) is 5.93. The van der Waals surface area contributed by atoms with Crippen molar-refractivity contribution in [3.8, 4) is 11.1 Å². The quantitative estimate of drug-likeness (QED) is 0.471. The van der Waals surface area contributed by atoms with Gasteiger partial charge >= 0.3 is 0 Å². The molecule has 3 aromatic rings. The minimum Gasteiger partial charge on any atom is -0.410 e. The number of allylic oxidation sites excluding steroid dienone is 2. The molecule has 0 spiro atoms. The topological polar surface area (TPSA) is 101 Å². The third-order valence-electron chi connectivity index (χ3n) is 5.10. The SMILES string of the molecule is CN1C=CC(c2ccccc2)=CC(N)C1=O.Cn1ccc(-c2ccccc2)cc(=NO)c1=O. The Hall–Kier alpha value is -4.23. The zero-order valence-corrected chi connectivity index (χ0v) is 18.5. The van der Waals surface area contributed by atoms with Crippen LogP contribution in [0.3, 0.4) is 0 Å². The zero-order chi connectivity index (χ0) is 23.8. The Morgan fingerprint density at radius 2 is 1.48 bits per heavy atom. The van der Waals surface area contributed by atoms with Crippen LogP contribution in [0.15, 0.2) is 107 Å². The average molecular weight is 443 g/mol. The minimum absolute atomic E-state index is 0.0244. The number of amides is 1. The standard InChI is InChI=1S/C13H12N2O2.C13H14N2O/c1-15-8-7-11(9-12(14-17)13(15)16)10-5-3-2-4-6-10;1-15-8-7-11(9-12(14)13(15)16)10-5-3-2-4-6-10/h2-9,17H,1H3;2-9,12H,14H2,1H3. The van der Waals surface area contributed by atoms with Crippen molar-refractivity contribution in [1.29, 1.82) is 0 Å². The molecule has 0 saturated carbocycles. The van der Waals surface area contributed by atoms with Crippen LogP contribution >= 0.6 is 0 Å². The molecule has 1 aliphatic heterocycles. The maximum absolute atomic E-state index is 11.7. The van der Waals surface area contributed by atoms with E-state index < -0.39 is 6.04 Å². The van der Waals surface area contributed by atoms with E-state index in [-0.39, 0.29) is 16.8 Å². The smallest absolute Gasteiger partial charge is 0.279 e. The fraction of sp³-hybridized carbons (Fsp3) is 0.115. The van der Waals surface area contributed by atoms with Crippen LogP contribution in [0.2, 0.25) is 0 Å².